The van der Waals surface area contributed by atoms with Crippen molar-refractivity contribution in [2.45, 2.75) is 45.3 Å². The first kappa shape index (κ1) is 17.7. The smallest absolute Gasteiger partial charge is 0.408 e. The fraction of sp³-hybridized carbons (Fsp3) is 0.438. The number of rotatable bonds is 6. The summed E-state index contributed by atoms with van der Waals surface area (Å²) in [6.45, 7) is 5.05. The van der Waals surface area contributed by atoms with E-state index in [1.165, 1.54) is 0 Å². The second-order valence-electron chi connectivity index (χ2n) is 5.86. The van der Waals surface area contributed by atoms with Crippen LogP contribution >= 0.6 is 0 Å². The number of alkyl carbamates (subject to hydrolysis) is 1. The van der Waals surface area contributed by atoms with Crippen LogP contribution in [0.3, 0.4) is 0 Å². The summed E-state index contributed by atoms with van der Waals surface area (Å²) in [5.41, 5.74) is -0.198. The Hall–Kier alpha value is -2.37. The summed E-state index contributed by atoms with van der Waals surface area (Å²) in [7, 11) is 0. The van der Waals surface area contributed by atoms with E-state index in [-0.39, 0.29) is 18.6 Å². The van der Waals surface area contributed by atoms with Gasteiger partial charge in [0.25, 0.3) is 0 Å². The van der Waals surface area contributed by atoms with E-state index in [1.54, 1.807) is 51.1 Å². The molecule has 0 aliphatic heterocycles. The van der Waals surface area contributed by atoms with Crippen molar-refractivity contribution in [2.75, 3.05) is 0 Å². The lowest BCUT2D eigenvalue weighted by Gasteiger charge is -2.21. The van der Waals surface area contributed by atoms with Crippen molar-refractivity contribution in [3.63, 3.8) is 0 Å². The fourth-order valence-electron chi connectivity index (χ4n) is 1.75. The number of nitrogens with one attached hydrogen (secondary N) is 1. The molecule has 0 fully saturated rings. The Morgan fingerprint density at radius 3 is 2.27 bits per heavy atom. The molecule has 0 heterocycles. The number of hydrogen-bond donors (Lipinski definition) is 2. The third kappa shape index (κ3) is 6.39. The second-order valence-corrected chi connectivity index (χ2v) is 5.86. The van der Waals surface area contributed by atoms with Crippen LogP contribution in [0.5, 0.6) is 0 Å². The zero-order chi connectivity index (χ0) is 16.8. The molecule has 1 rings (SSSR count). The Morgan fingerprint density at radius 2 is 1.77 bits per heavy atom. The summed E-state index contributed by atoms with van der Waals surface area (Å²) in [6, 6.07) is 7.43. The molecule has 120 valence electrons. The number of ether oxygens (including phenoxy) is 1. The van der Waals surface area contributed by atoms with E-state index in [9.17, 15) is 14.4 Å². The summed E-state index contributed by atoms with van der Waals surface area (Å²) < 4.78 is 5.01. The lowest BCUT2D eigenvalue weighted by atomic mass is 10.0. The number of aliphatic carboxylic acids is 1. The summed E-state index contributed by atoms with van der Waals surface area (Å²) in [5, 5.41) is 11.4. The van der Waals surface area contributed by atoms with Crippen LogP contribution in [0.4, 0.5) is 4.79 Å². The molecular formula is C16H21NO5. The lowest BCUT2D eigenvalue weighted by Crippen LogP contribution is -2.43. The minimum Gasteiger partial charge on any atom is -0.480 e. The molecule has 2 N–H and O–H groups in total. The largest absolute Gasteiger partial charge is 0.480 e. The molecule has 0 aliphatic rings. The highest BCUT2D eigenvalue weighted by Crippen LogP contribution is 2.10. The highest BCUT2D eigenvalue weighted by atomic mass is 16.6. The molecule has 22 heavy (non-hydrogen) atoms. The minimum absolute atomic E-state index is 0.00229. The van der Waals surface area contributed by atoms with Gasteiger partial charge in [0.15, 0.2) is 5.78 Å². The monoisotopic (exact) mass is 307 g/mol. The van der Waals surface area contributed by atoms with Crippen LogP contribution in [0.2, 0.25) is 0 Å². The third-order valence-electron chi connectivity index (χ3n) is 2.74. The maximum Gasteiger partial charge on any atom is 0.408 e. The Labute approximate surface area is 129 Å². The van der Waals surface area contributed by atoms with E-state index < -0.39 is 23.7 Å². The summed E-state index contributed by atoms with van der Waals surface area (Å²) in [6.07, 6.45) is -0.786. The van der Waals surface area contributed by atoms with Gasteiger partial charge in [0, 0.05) is 12.0 Å². The first-order chi connectivity index (χ1) is 10.2. The van der Waals surface area contributed by atoms with Gasteiger partial charge >= 0.3 is 12.1 Å². The highest BCUT2D eigenvalue weighted by molar-refractivity contribution is 5.96. The third-order valence-corrected chi connectivity index (χ3v) is 2.74. The highest BCUT2D eigenvalue weighted by Gasteiger charge is 2.24. The number of carbonyl (C=O) groups is 3. The molecule has 0 saturated carbocycles. The van der Waals surface area contributed by atoms with Crippen molar-refractivity contribution >= 4 is 17.8 Å². The molecular weight excluding hydrogens is 286 g/mol. The van der Waals surface area contributed by atoms with E-state index in [4.69, 9.17) is 9.84 Å². The van der Waals surface area contributed by atoms with Crippen molar-refractivity contribution in [2.24, 2.45) is 0 Å². The van der Waals surface area contributed by atoms with Crippen LogP contribution in [0.25, 0.3) is 0 Å². The van der Waals surface area contributed by atoms with Gasteiger partial charge < -0.3 is 15.2 Å². The lowest BCUT2D eigenvalue weighted by molar-refractivity contribution is -0.139. The normalized spacial score (nSPS) is 12.3. The van der Waals surface area contributed by atoms with Crippen molar-refractivity contribution in [3.8, 4) is 0 Å². The van der Waals surface area contributed by atoms with E-state index in [0.717, 1.165) is 0 Å². The molecule has 6 heteroatoms. The van der Waals surface area contributed by atoms with Gasteiger partial charge in [-0.05, 0) is 27.2 Å². The Morgan fingerprint density at radius 1 is 1.18 bits per heavy atom. The first-order valence-corrected chi connectivity index (χ1v) is 6.99. The van der Waals surface area contributed by atoms with E-state index in [0.29, 0.717) is 5.56 Å². The molecule has 1 aromatic carbocycles. The van der Waals surface area contributed by atoms with E-state index in [2.05, 4.69) is 5.32 Å². The molecule has 1 amide bonds. The molecule has 0 saturated heterocycles. The fourth-order valence-corrected chi connectivity index (χ4v) is 1.75. The van der Waals surface area contributed by atoms with Crippen LogP contribution in [-0.2, 0) is 9.53 Å². The van der Waals surface area contributed by atoms with Gasteiger partial charge in [0.05, 0.1) is 0 Å². The van der Waals surface area contributed by atoms with Gasteiger partial charge in [0.2, 0.25) is 0 Å². The Kier molecular flexibility index (Phi) is 6.10. The number of carboxylic acid groups (broad SMARTS) is 1. The maximum atomic E-state index is 11.9. The van der Waals surface area contributed by atoms with Crippen LogP contribution in [0.1, 0.15) is 44.0 Å². The number of ketones is 1. The Balaban J connectivity index is 2.57. The molecule has 0 unspecified atom stereocenters. The number of amides is 1. The molecule has 0 spiro atoms. The maximum absolute atomic E-state index is 11.9. The van der Waals surface area contributed by atoms with Gasteiger partial charge in [-0.15, -0.1) is 0 Å². The van der Waals surface area contributed by atoms with Gasteiger partial charge in [-0.1, -0.05) is 30.3 Å². The average Bonchev–Trinajstić information content (AvgIpc) is 2.41. The average molecular weight is 307 g/mol. The zero-order valence-corrected chi connectivity index (χ0v) is 13.0. The summed E-state index contributed by atoms with van der Waals surface area (Å²) in [4.78, 5) is 34.7. The molecule has 0 bridgehead atoms. The van der Waals surface area contributed by atoms with Gasteiger partial charge in [0.1, 0.15) is 11.6 Å². The minimum atomic E-state index is -1.20. The van der Waals surface area contributed by atoms with Crippen LogP contribution < -0.4 is 5.32 Å². The predicted molar refractivity (Wildman–Crippen MR) is 80.8 cm³/mol. The topological polar surface area (TPSA) is 92.7 Å². The quantitative estimate of drug-likeness (QED) is 0.788. The molecule has 0 aliphatic carbocycles. The van der Waals surface area contributed by atoms with Crippen molar-refractivity contribution in [1.82, 2.24) is 5.32 Å². The van der Waals surface area contributed by atoms with Crippen LogP contribution in [-0.4, -0.2) is 34.6 Å². The summed E-state index contributed by atoms with van der Waals surface area (Å²) >= 11 is 0. The molecule has 1 aromatic rings. The van der Waals surface area contributed by atoms with Crippen LogP contribution in [0.15, 0.2) is 30.3 Å². The number of carbonyl (C=O) groups excluding carboxylic acids is 2. The molecule has 0 aromatic heterocycles. The first-order valence-electron chi connectivity index (χ1n) is 6.99. The van der Waals surface area contributed by atoms with Gasteiger partial charge in [-0.3, -0.25) is 4.79 Å². The molecule has 6 nitrogen and oxygen atoms in total. The van der Waals surface area contributed by atoms with E-state index in [1.807, 2.05) is 0 Å². The molecule has 1 atom stereocenters. The number of Topliss-reactive ketones (excluding diaryl/α,β-unsaturated/α-hetero) is 1. The summed E-state index contributed by atoms with van der Waals surface area (Å²) in [5.74, 6) is -1.37. The van der Waals surface area contributed by atoms with Crippen LogP contribution in [0, 0.1) is 0 Å². The molecule has 0 radical (unpaired) electrons. The predicted octanol–water partition coefficient (Wildman–Crippen LogP) is 2.63. The van der Waals surface area contributed by atoms with E-state index >= 15 is 0 Å². The van der Waals surface area contributed by atoms with Crippen molar-refractivity contribution in [3.05, 3.63) is 35.9 Å². The Bertz CT molecular complexity index is 533. The van der Waals surface area contributed by atoms with Gasteiger partial charge in [-0.25, -0.2) is 9.59 Å². The SMILES string of the molecule is CC(C)(C)OC(=O)N[C@H](CCC(=O)c1ccccc1)C(=O)O. The second kappa shape index (κ2) is 7.59. The number of benzene rings is 1. The zero-order valence-electron chi connectivity index (χ0n) is 13.0. The van der Waals surface area contributed by atoms with Gasteiger partial charge in [-0.2, -0.15) is 0 Å². The van der Waals surface area contributed by atoms with Crippen molar-refractivity contribution < 1.29 is 24.2 Å². The number of hydrogen-bond acceptors (Lipinski definition) is 4. The standard InChI is InChI=1S/C16H21NO5/c1-16(2,3)22-15(21)17-12(14(19)20)9-10-13(18)11-7-5-4-6-8-11/h4-8,12H,9-10H2,1-3H3,(H,17,21)(H,19,20)/t12-/m1/s1. The number of carboxylic acids is 1. The van der Waals surface area contributed by atoms with Crippen molar-refractivity contribution in [1.29, 1.82) is 0 Å².